The Morgan fingerprint density at radius 2 is 2.04 bits per heavy atom. The molecule has 0 radical (unpaired) electrons. The molecule has 1 N–H and O–H groups in total. The van der Waals surface area contributed by atoms with Crippen LogP contribution in [0, 0.1) is 0 Å². The number of rotatable bonds is 8. The lowest BCUT2D eigenvalue weighted by Gasteiger charge is -2.28. The number of benzene rings is 1. The SMILES string of the molecule is COc1ccc(N(Cc2cccs2)C(=S)NCCCN2CCOCC2)cc1. The zero-order valence-electron chi connectivity index (χ0n) is 15.7. The van der Waals surface area contributed by atoms with E-state index in [0.717, 1.165) is 68.9 Å². The van der Waals surface area contributed by atoms with E-state index in [1.807, 2.05) is 24.3 Å². The fraction of sp³-hybridized carbons (Fsp3) is 0.450. The van der Waals surface area contributed by atoms with Gasteiger partial charge in [0, 0.05) is 30.2 Å². The van der Waals surface area contributed by atoms with Crippen molar-refractivity contribution in [1.29, 1.82) is 0 Å². The van der Waals surface area contributed by atoms with Crippen LogP contribution in [0.4, 0.5) is 5.69 Å². The first-order chi connectivity index (χ1) is 13.3. The normalized spacial score (nSPS) is 14.7. The Morgan fingerprint density at radius 1 is 1.26 bits per heavy atom. The summed E-state index contributed by atoms with van der Waals surface area (Å²) in [4.78, 5) is 5.87. The third-order valence-corrected chi connectivity index (χ3v) is 5.78. The van der Waals surface area contributed by atoms with Crippen LogP contribution in [0.5, 0.6) is 5.75 Å². The number of hydrogen-bond acceptors (Lipinski definition) is 5. The lowest BCUT2D eigenvalue weighted by atomic mass is 10.2. The number of methoxy groups -OCH3 is 1. The summed E-state index contributed by atoms with van der Waals surface area (Å²) in [6, 6.07) is 12.3. The largest absolute Gasteiger partial charge is 0.497 e. The highest BCUT2D eigenvalue weighted by molar-refractivity contribution is 7.80. The Kier molecular flexibility index (Phi) is 7.89. The molecule has 1 aliphatic heterocycles. The van der Waals surface area contributed by atoms with Crippen molar-refractivity contribution in [3.63, 3.8) is 0 Å². The van der Waals surface area contributed by atoms with Gasteiger partial charge in [0.2, 0.25) is 0 Å². The molecule has 0 amide bonds. The Labute approximate surface area is 170 Å². The molecule has 1 fully saturated rings. The van der Waals surface area contributed by atoms with E-state index in [1.54, 1.807) is 18.4 Å². The van der Waals surface area contributed by atoms with Crippen molar-refractivity contribution in [2.24, 2.45) is 0 Å². The number of nitrogens with one attached hydrogen (secondary N) is 1. The van der Waals surface area contributed by atoms with E-state index in [0.29, 0.717) is 0 Å². The molecule has 1 aliphatic rings. The van der Waals surface area contributed by atoms with E-state index in [2.05, 4.69) is 32.6 Å². The molecule has 0 saturated carbocycles. The molecule has 0 spiro atoms. The van der Waals surface area contributed by atoms with Crippen LogP contribution in [0.25, 0.3) is 0 Å². The summed E-state index contributed by atoms with van der Waals surface area (Å²) >= 11 is 7.46. The number of anilines is 1. The molecule has 27 heavy (non-hydrogen) atoms. The van der Waals surface area contributed by atoms with Gasteiger partial charge in [-0.05, 0) is 60.9 Å². The first-order valence-corrected chi connectivity index (χ1v) is 10.6. The van der Waals surface area contributed by atoms with E-state index >= 15 is 0 Å². The molecule has 1 saturated heterocycles. The number of hydrogen-bond donors (Lipinski definition) is 1. The second-order valence-corrected chi connectivity index (χ2v) is 7.82. The van der Waals surface area contributed by atoms with Crippen molar-refractivity contribution >= 4 is 34.4 Å². The average molecular weight is 406 g/mol. The molecule has 0 unspecified atom stereocenters. The Balaban J connectivity index is 1.56. The van der Waals surface area contributed by atoms with E-state index in [4.69, 9.17) is 21.7 Å². The van der Waals surface area contributed by atoms with Crippen molar-refractivity contribution in [3.05, 3.63) is 46.7 Å². The molecule has 2 heterocycles. The predicted molar refractivity (Wildman–Crippen MR) is 116 cm³/mol. The molecule has 146 valence electrons. The second-order valence-electron chi connectivity index (χ2n) is 6.40. The highest BCUT2D eigenvalue weighted by Crippen LogP contribution is 2.23. The summed E-state index contributed by atoms with van der Waals surface area (Å²) in [6.07, 6.45) is 1.07. The van der Waals surface area contributed by atoms with Gasteiger partial charge in [-0.25, -0.2) is 0 Å². The fourth-order valence-corrected chi connectivity index (χ4v) is 3.98. The van der Waals surface area contributed by atoms with Gasteiger partial charge in [-0.3, -0.25) is 4.90 Å². The molecular formula is C20H27N3O2S2. The van der Waals surface area contributed by atoms with Gasteiger partial charge in [-0.1, -0.05) is 6.07 Å². The predicted octanol–water partition coefficient (Wildman–Crippen LogP) is 3.36. The zero-order chi connectivity index (χ0) is 18.9. The van der Waals surface area contributed by atoms with Gasteiger partial charge in [-0.15, -0.1) is 11.3 Å². The van der Waals surface area contributed by atoms with Crippen LogP contribution in [-0.2, 0) is 11.3 Å². The number of ether oxygens (including phenoxy) is 2. The number of thiocarbonyl (C=S) groups is 1. The van der Waals surface area contributed by atoms with Crippen LogP contribution < -0.4 is 15.0 Å². The molecule has 1 aromatic carbocycles. The Bertz CT molecular complexity index is 686. The van der Waals surface area contributed by atoms with E-state index in [1.165, 1.54) is 4.88 Å². The first kappa shape index (κ1) is 20.1. The van der Waals surface area contributed by atoms with Gasteiger partial charge in [0.25, 0.3) is 0 Å². The van der Waals surface area contributed by atoms with Crippen LogP contribution in [0.1, 0.15) is 11.3 Å². The van der Waals surface area contributed by atoms with Crippen LogP contribution in [-0.4, -0.2) is 56.5 Å². The molecule has 0 aliphatic carbocycles. The quantitative estimate of drug-likeness (QED) is 0.536. The van der Waals surface area contributed by atoms with Gasteiger partial charge in [-0.2, -0.15) is 0 Å². The third kappa shape index (κ3) is 6.17. The Morgan fingerprint density at radius 3 is 2.70 bits per heavy atom. The molecule has 3 rings (SSSR count). The minimum Gasteiger partial charge on any atom is -0.497 e. The maximum absolute atomic E-state index is 5.72. The third-order valence-electron chi connectivity index (χ3n) is 4.55. The maximum atomic E-state index is 5.72. The van der Waals surface area contributed by atoms with Crippen molar-refractivity contribution in [1.82, 2.24) is 10.2 Å². The maximum Gasteiger partial charge on any atom is 0.173 e. The summed E-state index contributed by atoms with van der Waals surface area (Å²) in [5.74, 6) is 0.846. The zero-order valence-corrected chi connectivity index (χ0v) is 17.4. The molecule has 5 nitrogen and oxygen atoms in total. The van der Waals surface area contributed by atoms with Crippen molar-refractivity contribution < 1.29 is 9.47 Å². The Hall–Kier alpha value is -1.67. The average Bonchev–Trinajstić information content (AvgIpc) is 3.23. The molecule has 0 atom stereocenters. The number of nitrogens with zero attached hydrogens (tertiary/aromatic N) is 2. The highest BCUT2D eigenvalue weighted by Gasteiger charge is 2.14. The summed E-state index contributed by atoms with van der Waals surface area (Å²) in [6.45, 7) is 6.45. The van der Waals surface area contributed by atoms with E-state index in [-0.39, 0.29) is 0 Å². The highest BCUT2D eigenvalue weighted by atomic mass is 32.1. The van der Waals surface area contributed by atoms with Gasteiger partial charge < -0.3 is 19.7 Å². The summed E-state index contributed by atoms with van der Waals surface area (Å²) in [5.41, 5.74) is 1.06. The standard InChI is InChI=1S/C20H27N3O2S2/c1-24-18-7-5-17(6-8-18)23(16-19-4-2-15-27-19)20(26)21-9-3-10-22-11-13-25-14-12-22/h2,4-8,15H,3,9-14,16H2,1H3,(H,21,26). The van der Waals surface area contributed by atoms with Crippen molar-refractivity contribution in [3.8, 4) is 5.75 Å². The van der Waals surface area contributed by atoms with E-state index in [9.17, 15) is 0 Å². The van der Waals surface area contributed by atoms with Crippen molar-refractivity contribution in [2.45, 2.75) is 13.0 Å². The minimum atomic E-state index is 0.760. The molecular weight excluding hydrogens is 378 g/mol. The fourth-order valence-electron chi connectivity index (χ4n) is 3.02. The molecule has 2 aromatic rings. The van der Waals surface area contributed by atoms with Crippen LogP contribution in [0.15, 0.2) is 41.8 Å². The summed E-state index contributed by atoms with van der Waals surface area (Å²) in [5, 5.41) is 6.29. The van der Waals surface area contributed by atoms with E-state index < -0.39 is 0 Å². The molecule has 1 aromatic heterocycles. The number of thiophene rings is 1. The van der Waals surface area contributed by atoms with Crippen LogP contribution in [0.2, 0.25) is 0 Å². The van der Waals surface area contributed by atoms with Crippen LogP contribution in [0.3, 0.4) is 0 Å². The molecule has 0 bridgehead atoms. The second kappa shape index (κ2) is 10.6. The summed E-state index contributed by atoms with van der Waals surface area (Å²) < 4.78 is 10.7. The number of morpholine rings is 1. The lowest BCUT2D eigenvalue weighted by Crippen LogP contribution is -2.41. The van der Waals surface area contributed by atoms with Gasteiger partial charge in [0.15, 0.2) is 5.11 Å². The van der Waals surface area contributed by atoms with Gasteiger partial charge in [0.1, 0.15) is 5.75 Å². The van der Waals surface area contributed by atoms with Gasteiger partial charge >= 0.3 is 0 Å². The smallest absolute Gasteiger partial charge is 0.173 e. The monoisotopic (exact) mass is 405 g/mol. The summed E-state index contributed by atoms with van der Waals surface area (Å²) in [7, 11) is 1.68. The molecule has 7 heteroatoms. The topological polar surface area (TPSA) is 37.0 Å². The van der Waals surface area contributed by atoms with Gasteiger partial charge in [0.05, 0.1) is 26.9 Å². The van der Waals surface area contributed by atoms with Crippen LogP contribution >= 0.6 is 23.6 Å². The minimum absolute atomic E-state index is 0.760. The lowest BCUT2D eigenvalue weighted by molar-refractivity contribution is 0.0376. The first-order valence-electron chi connectivity index (χ1n) is 9.28. The van der Waals surface area contributed by atoms with Crippen molar-refractivity contribution in [2.75, 3.05) is 51.4 Å².